The van der Waals surface area contributed by atoms with Crippen molar-refractivity contribution in [2.45, 2.75) is 32.9 Å². The highest BCUT2D eigenvalue weighted by Gasteiger charge is 2.36. The number of carboxylic acid groups (broad SMARTS) is 1. The number of aryl methyl sites for hydroxylation is 1. The Kier molecular flexibility index (Phi) is 6.43. The van der Waals surface area contributed by atoms with Crippen LogP contribution in [0.15, 0.2) is 66.2 Å². The molecule has 0 aliphatic heterocycles. The van der Waals surface area contributed by atoms with Crippen LogP contribution in [0.2, 0.25) is 0 Å². The molecule has 0 bridgehead atoms. The molecule has 0 spiro atoms. The van der Waals surface area contributed by atoms with Crippen LogP contribution in [0.5, 0.6) is 0 Å². The number of rotatable bonds is 6. The molecule has 4 aromatic rings. The highest BCUT2D eigenvalue weighted by atomic mass is 32.1. The predicted octanol–water partition coefficient (Wildman–Crippen LogP) is 5.46. The van der Waals surface area contributed by atoms with Gasteiger partial charge in [0, 0.05) is 18.6 Å². The first-order chi connectivity index (χ1) is 16.1. The van der Waals surface area contributed by atoms with Crippen LogP contribution in [-0.2, 0) is 7.05 Å². The minimum atomic E-state index is -1.13. The summed E-state index contributed by atoms with van der Waals surface area (Å²) in [5.74, 6) is -0.260. The molecule has 176 valence electrons. The summed E-state index contributed by atoms with van der Waals surface area (Å²) in [4.78, 5) is 26.1. The third-order valence-electron chi connectivity index (χ3n) is 5.93. The summed E-state index contributed by atoms with van der Waals surface area (Å²) < 4.78 is 1.76. The predicted molar refractivity (Wildman–Crippen MR) is 135 cm³/mol. The topological polar surface area (TPSA) is 96.3 Å². The van der Waals surface area contributed by atoms with E-state index in [0.29, 0.717) is 5.56 Å². The summed E-state index contributed by atoms with van der Waals surface area (Å²) in [6.45, 7) is 5.88. The summed E-state index contributed by atoms with van der Waals surface area (Å²) in [6.07, 6.45) is 0.588. The summed E-state index contributed by atoms with van der Waals surface area (Å²) >= 11 is 1.47. The van der Waals surface area contributed by atoms with Gasteiger partial charge >= 0.3 is 6.09 Å². The van der Waals surface area contributed by atoms with Crippen molar-refractivity contribution in [2.24, 2.45) is 12.5 Å². The van der Waals surface area contributed by atoms with Crippen LogP contribution in [0.25, 0.3) is 21.3 Å². The number of fused-ring (bicyclic) bond motifs is 1. The van der Waals surface area contributed by atoms with Crippen molar-refractivity contribution < 1.29 is 14.7 Å². The Hall–Kier alpha value is -3.65. The Morgan fingerprint density at radius 1 is 1.06 bits per heavy atom. The molecule has 0 saturated heterocycles. The molecule has 0 aliphatic rings. The second kappa shape index (κ2) is 9.30. The highest BCUT2D eigenvalue weighted by Crippen LogP contribution is 2.35. The monoisotopic (exact) mass is 476 g/mol. The van der Waals surface area contributed by atoms with Crippen LogP contribution in [0, 0.1) is 5.41 Å². The first-order valence-corrected chi connectivity index (χ1v) is 11.9. The van der Waals surface area contributed by atoms with E-state index in [0.717, 1.165) is 26.9 Å². The van der Waals surface area contributed by atoms with Gasteiger partial charge in [0.15, 0.2) is 0 Å². The van der Waals surface area contributed by atoms with Gasteiger partial charge in [-0.2, -0.15) is 5.10 Å². The highest BCUT2D eigenvalue weighted by molar-refractivity contribution is 7.13. The summed E-state index contributed by atoms with van der Waals surface area (Å²) in [5, 5.41) is 23.4. The lowest BCUT2D eigenvalue weighted by atomic mass is 9.78. The van der Waals surface area contributed by atoms with Crippen molar-refractivity contribution in [1.29, 1.82) is 0 Å². The van der Waals surface area contributed by atoms with E-state index in [9.17, 15) is 14.7 Å². The maximum Gasteiger partial charge on any atom is 0.404 e. The van der Waals surface area contributed by atoms with Gasteiger partial charge in [0.1, 0.15) is 0 Å². The lowest BCUT2D eigenvalue weighted by Crippen LogP contribution is -2.52. The molecule has 0 fully saturated rings. The fraction of sp³-hybridized carbons (Fsp3) is 0.269. The van der Waals surface area contributed by atoms with E-state index < -0.39 is 23.6 Å². The molecule has 2 unspecified atom stereocenters. The van der Waals surface area contributed by atoms with Gasteiger partial charge in [0.05, 0.1) is 28.2 Å². The number of thiophene rings is 1. The number of hydrogen-bond donors (Lipinski definition) is 3. The SMILES string of the molecule is Cn1nccc1-c1cc(C(=O)NC(c2cccc3ccccc23)C(NC(=O)O)C(C)(C)C)cs1. The number of hydrogen-bond acceptors (Lipinski definition) is 4. The van der Waals surface area contributed by atoms with Crippen LogP contribution >= 0.6 is 11.3 Å². The van der Waals surface area contributed by atoms with Crippen molar-refractivity contribution in [3.8, 4) is 10.6 Å². The lowest BCUT2D eigenvalue weighted by molar-refractivity contribution is 0.0901. The fourth-order valence-electron chi connectivity index (χ4n) is 4.22. The molecule has 8 heteroatoms. The molecular weight excluding hydrogens is 448 g/mol. The normalized spacial score (nSPS) is 13.4. The van der Waals surface area contributed by atoms with Crippen molar-refractivity contribution >= 4 is 34.1 Å². The summed E-state index contributed by atoms with van der Waals surface area (Å²) in [5.41, 5.74) is 1.84. The maximum absolute atomic E-state index is 13.4. The lowest BCUT2D eigenvalue weighted by Gasteiger charge is -2.38. The van der Waals surface area contributed by atoms with Crippen LogP contribution in [0.4, 0.5) is 4.79 Å². The van der Waals surface area contributed by atoms with Crippen molar-refractivity contribution in [3.05, 3.63) is 77.3 Å². The van der Waals surface area contributed by atoms with E-state index in [4.69, 9.17) is 0 Å². The maximum atomic E-state index is 13.4. The van der Waals surface area contributed by atoms with E-state index in [1.54, 1.807) is 10.9 Å². The van der Waals surface area contributed by atoms with Crippen molar-refractivity contribution in [1.82, 2.24) is 20.4 Å². The number of carbonyl (C=O) groups excluding carboxylic acids is 1. The molecule has 34 heavy (non-hydrogen) atoms. The molecule has 2 aromatic carbocycles. The molecule has 7 nitrogen and oxygen atoms in total. The smallest absolute Gasteiger partial charge is 0.404 e. The van der Waals surface area contributed by atoms with E-state index in [1.165, 1.54) is 11.3 Å². The quantitative estimate of drug-likeness (QED) is 0.344. The summed E-state index contributed by atoms with van der Waals surface area (Å²) in [7, 11) is 1.86. The van der Waals surface area contributed by atoms with Crippen LogP contribution in [0.1, 0.15) is 42.7 Å². The first-order valence-electron chi connectivity index (χ1n) is 11.0. The van der Waals surface area contributed by atoms with Gasteiger partial charge < -0.3 is 15.7 Å². The van der Waals surface area contributed by atoms with Gasteiger partial charge in [0.25, 0.3) is 5.91 Å². The molecular formula is C26H28N4O3S. The minimum absolute atomic E-state index is 0.260. The van der Waals surface area contributed by atoms with E-state index in [1.807, 2.05) is 87.8 Å². The third kappa shape index (κ3) is 4.82. The van der Waals surface area contributed by atoms with Crippen LogP contribution in [-0.4, -0.2) is 32.9 Å². The minimum Gasteiger partial charge on any atom is -0.465 e. The Morgan fingerprint density at radius 3 is 2.47 bits per heavy atom. The van der Waals surface area contributed by atoms with Crippen LogP contribution < -0.4 is 10.6 Å². The fourth-order valence-corrected chi connectivity index (χ4v) is 5.17. The molecule has 0 aliphatic carbocycles. The van der Waals surface area contributed by atoms with Gasteiger partial charge in [-0.15, -0.1) is 11.3 Å². The van der Waals surface area contributed by atoms with Gasteiger partial charge in [0.2, 0.25) is 0 Å². The Balaban J connectivity index is 1.75. The van der Waals surface area contributed by atoms with E-state index in [-0.39, 0.29) is 5.91 Å². The second-order valence-corrected chi connectivity index (χ2v) is 10.3. The molecule has 2 heterocycles. The molecule has 0 saturated carbocycles. The number of aromatic nitrogens is 2. The zero-order chi connectivity index (χ0) is 24.5. The van der Waals surface area contributed by atoms with Gasteiger partial charge in [-0.3, -0.25) is 9.48 Å². The average Bonchev–Trinajstić information content (AvgIpc) is 3.44. The average molecular weight is 477 g/mol. The largest absolute Gasteiger partial charge is 0.465 e. The van der Waals surface area contributed by atoms with E-state index >= 15 is 0 Å². The van der Waals surface area contributed by atoms with Gasteiger partial charge in [-0.05, 0) is 33.9 Å². The Labute approximate surface area is 202 Å². The molecule has 2 aromatic heterocycles. The molecule has 0 radical (unpaired) electrons. The molecule has 2 atom stereocenters. The van der Waals surface area contributed by atoms with Crippen molar-refractivity contribution in [2.75, 3.05) is 0 Å². The standard InChI is InChI=1S/C26H28N4O3S/c1-26(2,3)23(29-25(32)33)22(19-11-7-9-16-8-5-6-10-18(16)19)28-24(31)17-14-21(34-15-17)20-12-13-27-30(20)4/h5-15,22-23,29H,1-4H3,(H,28,31)(H,32,33). The number of nitrogens with one attached hydrogen (secondary N) is 2. The third-order valence-corrected chi connectivity index (χ3v) is 6.88. The van der Waals surface area contributed by atoms with Crippen molar-refractivity contribution in [3.63, 3.8) is 0 Å². The number of nitrogens with zero attached hydrogens (tertiary/aromatic N) is 2. The molecule has 3 N–H and O–H groups in total. The van der Waals surface area contributed by atoms with Crippen LogP contribution in [0.3, 0.4) is 0 Å². The number of carbonyl (C=O) groups is 2. The second-order valence-electron chi connectivity index (χ2n) is 9.35. The number of amides is 2. The number of benzene rings is 2. The zero-order valence-electron chi connectivity index (χ0n) is 19.6. The Morgan fingerprint density at radius 2 is 1.79 bits per heavy atom. The Bertz CT molecular complexity index is 1330. The zero-order valence-corrected chi connectivity index (χ0v) is 20.4. The first kappa shape index (κ1) is 23.5. The summed E-state index contributed by atoms with van der Waals surface area (Å²) in [6, 6.07) is 16.4. The molecule has 2 amide bonds. The molecule has 4 rings (SSSR count). The van der Waals surface area contributed by atoms with E-state index in [2.05, 4.69) is 15.7 Å². The van der Waals surface area contributed by atoms with Gasteiger partial charge in [-0.25, -0.2) is 4.79 Å². The van der Waals surface area contributed by atoms with Gasteiger partial charge in [-0.1, -0.05) is 63.2 Å².